The Morgan fingerprint density at radius 1 is 1.33 bits per heavy atom. The normalized spacial score (nSPS) is 10.9. The molecule has 0 spiro atoms. The number of aryl methyl sites for hydroxylation is 1. The van der Waals surface area contributed by atoms with E-state index in [2.05, 4.69) is 17.2 Å². The third-order valence-corrected chi connectivity index (χ3v) is 3.15. The average Bonchev–Trinajstić information content (AvgIpc) is 2.39. The Labute approximate surface area is 111 Å². The predicted molar refractivity (Wildman–Crippen MR) is 74.9 cm³/mol. The van der Waals surface area contributed by atoms with Crippen LogP contribution in [0.4, 0.5) is 10.1 Å². The number of nitrogens with one attached hydrogen (secondary N) is 1. The van der Waals surface area contributed by atoms with Gasteiger partial charge in [-0.15, -0.1) is 0 Å². The van der Waals surface area contributed by atoms with Crippen LogP contribution in [0.25, 0.3) is 10.9 Å². The smallest absolute Gasteiger partial charge is 0.134 e. The van der Waals surface area contributed by atoms with Crippen LogP contribution in [0.2, 0.25) is 5.02 Å². The summed E-state index contributed by atoms with van der Waals surface area (Å²) in [4.78, 5) is 4.41. The number of nitrogens with zero attached hydrogens (tertiary/aromatic N) is 1. The lowest BCUT2D eigenvalue weighted by atomic mass is 10.1. The van der Waals surface area contributed by atoms with Crippen molar-refractivity contribution in [2.24, 2.45) is 0 Å². The molecule has 18 heavy (non-hydrogen) atoms. The number of hydrogen-bond acceptors (Lipinski definition) is 2. The average molecular weight is 267 g/mol. The molecule has 4 heteroatoms. The van der Waals surface area contributed by atoms with Gasteiger partial charge in [-0.1, -0.05) is 25.4 Å². The largest absolute Gasteiger partial charge is 0.384 e. The standard InChI is InChI=1S/C14H16ClFN2/c1-3-7-17-12-8-9(4-2)18-14-10(15)5-6-11(16)13(12)14/h5-6,8H,3-4,7H2,1-2H3,(H,17,18). The molecule has 0 saturated heterocycles. The van der Waals surface area contributed by atoms with E-state index in [0.717, 1.165) is 30.8 Å². The molecular formula is C14H16ClFN2. The van der Waals surface area contributed by atoms with Gasteiger partial charge in [-0.2, -0.15) is 0 Å². The van der Waals surface area contributed by atoms with Gasteiger partial charge in [0, 0.05) is 17.9 Å². The molecule has 1 heterocycles. The van der Waals surface area contributed by atoms with Gasteiger partial charge >= 0.3 is 0 Å². The zero-order valence-corrected chi connectivity index (χ0v) is 11.3. The predicted octanol–water partition coefficient (Wildman–Crippen LogP) is 4.41. The van der Waals surface area contributed by atoms with E-state index in [1.807, 2.05) is 13.0 Å². The number of aromatic nitrogens is 1. The van der Waals surface area contributed by atoms with E-state index in [1.54, 1.807) is 6.07 Å². The number of pyridine rings is 1. The van der Waals surface area contributed by atoms with Crippen LogP contribution in [0.15, 0.2) is 18.2 Å². The minimum absolute atomic E-state index is 0.289. The highest BCUT2D eigenvalue weighted by Crippen LogP contribution is 2.31. The minimum atomic E-state index is -0.289. The van der Waals surface area contributed by atoms with Crippen LogP contribution in [-0.4, -0.2) is 11.5 Å². The molecule has 2 rings (SSSR count). The highest BCUT2D eigenvalue weighted by atomic mass is 35.5. The zero-order valence-electron chi connectivity index (χ0n) is 10.6. The van der Waals surface area contributed by atoms with Crippen molar-refractivity contribution in [2.45, 2.75) is 26.7 Å². The van der Waals surface area contributed by atoms with Crippen LogP contribution in [0, 0.1) is 5.82 Å². The van der Waals surface area contributed by atoms with E-state index in [1.165, 1.54) is 6.07 Å². The second-order valence-corrected chi connectivity index (χ2v) is 4.60. The molecule has 0 aliphatic heterocycles. The second kappa shape index (κ2) is 5.53. The third-order valence-electron chi connectivity index (χ3n) is 2.84. The molecule has 0 unspecified atom stereocenters. The van der Waals surface area contributed by atoms with Gasteiger partial charge in [-0.3, -0.25) is 4.98 Å². The quantitative estimate of drug-likeness (QED) is 0.887. The van der Waals surface area contributed by atoms with Crippen LogP contribution in [0.3, 0.4) is 0 Å². The molecule has 0 bridgehead atoms. The van der Waals surface area contributed by atoms with Crippen molar-refractivity contribution in [3.05, 3.63) is 34.7 Å². The van der Waals surface area contributed by atoms with Gasteiger partial charge in [0.05, 0.1) is 15.9 Å². The Bertz CT molecular complexity index is 569. The van der Waals surface area contributed by atoms with Crippen LogP contribution < -0.4 is 5.32 Å². The summed E-state index contributed by atoms with van der Waals surface area (Å²) in [5.74, 6) is -0.289. The van der Waals surface area contributed by atoms with Gasteiger partial charge in [0.25, 0.3) is 0 Å². The third kappa shape index (κ3) is 2.41. The van der Waals surface area contributed by atoms with E-state index >= 15 is 0 Å². The van der Waals surface area contributed by atoms with E-state index in [4.69, 9.17) is 11.6 Å². The fourth-order valence-corrected chi connectivity index (χ4v) is 2.10. The number of benzene rings is 1. The molecule has 1 N–H and O–H groups in total. The summed E-state index contributed by atoms with van der Waals surface area (Å²) in [6.07, 6.45) is 1.77. The molecule has 0 aliphatic rings. The van der Waals surface area contributed by atoms with Crippen molar-refractivity contribution in [1.82, 2.24) is 4.98 Å². The molecule has 96 valence electrons. The van der Waals surface area contributed by atoms with Crippen LogP contribution in [0.5, 0.6) is 0 Å². The molecule has 0 aliphatic carbocycles. The van der Waals surface area contributed by atoms with Crippen LogP contribution in [-0.2, 0) is 6.42 Å². The highest BCUT2D eigenvalue weighted by molar-refractivity contribution is 6.35. The van der Waals surface area contributed by atoms with E-state index in [-0.39, 0.29) is 5.82 Å². The van der Waals surface area contributed by atoms with Crippen molar-refractivity contribution in [1.29, 1.82) is 0 Å². The molecular weight excluding hydrogens is 251 g/mol. The number of fused-ring (bicyclic) bond motifs is 1. The van der Waals surface area contributed by atoms with Crippen LogP contribution >= 0.6 is 11.6 Å². The molecule has 0 atom stereocenters. The summed E-state index contributed by atoms with van der Waals surface area (Å²) in [6, 6.07) is 4.84. The Hall–Kier alpha value is -1.35. The lowest BCUT2D eigenvalue weighted by molar-refractivity contribution is 0.639. The van der Waals surface area contributed by atoms with Gasteiger partial charge in [0.1, 0.15) is 5.82 Å². The highest BCUT2D eigenvalue weighted by Gasteiger charge is 2.12. The number of rotatable bonds is 4. The molecule has 1 aromatic heterocycles. The minimum Gasteiger partial charge on any atom is -0.384 e. The summed E-state index contributed by atoms with van der Waals surface area (Å²) < 4.78 is 14.0. The summed E-state index contributed by atoms with van der Waals surface area (Å²) >= 11 is 6.11. The van der Waals surface area contributed by atoms with Crippen molar-refractivity contribution in [3.63, 3.8) is 0 Å². The monoisotopic (exact) mass is 266 g/mol. The van der Waals surface area contributed by atoms with Crippen molar-refractivity contribution < 1.29 is 4.39 Å². The Balaban J connectivity index is 2.68. The molecule has 0 saturated carbocycles. The molecule has 1 aromatic carbocycles. The number of hydrogen-bond donors (Lipinski definition) is 1. The lowest BCUT2D eigenvalue weighted by Gasteiger charge is -2.12. The number of halogens is 2. The Morgan fingerprint density at radius 3 is 2.78 bits per heavy atom. The first-order valence-corrected chi connectivity index (χ1v) is 6.56. The van der Waals surface area contributed by atoms with Crippen molar-refractivity contribution >= 4 is 28.2 Å². The SMILES string of the molecule is CCCNc1cc(CC)nc2c(Cl)ccc(F)c12. The Kier molecular flexibility index (Phi) is 4.02. The molecule has 0 amide bonds. The van der Waals surface area contributed by atoms with E-state index < -0.39 is 0 Å². The fourth-order valence-electron chi connectivity index (χ4n) is 1.90. The van der Waals surface area contributed by atoms with E-state index in [0.29, 0.717) is 15.9 Å². The fraction of sp³-hybridized carbons (Fsp3) is 0.357. The second-order valence-electron chi connectivity index (χ2n) is 4.19. The topological polar surface area (TPSA) is 24.9 Å². The maximum Gasteiger partial charge on any atom is 0.134 e. The van der Waals surface area contributed by atoms with Crippen molar-refractivity contribution in [2.75, 3.05) is 11.9 Å². The summed E-state index contributed by atoms with van der Waals surface area (Å²) in [6.45, 7) is 4.89. The lowest BCUT2D eigenvalue weighted by Crippen LogP contribution is -2.03. The molecule has 0 fully saturated rings. The molecule has 2 aromatic rings. The number of anilines is 1. The summed E-state index contributed by atoms with van der Waals surface area (Å²) in [5, 5.41) is 4.21. The van der Waals surface area contributed by atoms with Gasteiger partial charge in [-0.25, -0.2) is 4.39 Å². The van der Waals surface area contributed by atoms with E-state index in [9.17, 15) is 4.39 Å². The van der Waals surface area contributed by atoms with Gasteiger partial charge in [0.2, 0.25) is 0 Å². The van der Waals surface area contributed by atoms with Gasteiger partial charge in [-0.05, 0) is 31.0 Å². The summed E-state index contributed by atoms with van der Waals surface area (Å²) in [7, 11) is 0. The summed E-state index contributed by atoms with van der Waals surface area (Å²) in [5.41, 5.74) is 2.22. The first-order chi connectivity index (χ1) is 8.67. The maximum absolute atomic E-state index is 14.0. The maximum atomic E-state index is 14.0. The molecule has 2 nitrogen and oxygen atoms in total. The zero-order chi connectivity index (χ0) is 13.1. The van der Waals surface area contributed by atoms with Gasteiger partial charge in [0.15, 0.2) is 0 Å². The first-order valence-electron chi connectivity index (χ1n) is 6.18. The first kappa shape index (κ1) is 13.1. The van der Waals surface area contributed by atoms with Gasteiger partial charge < -0.3 is 5.32 Å². The Morgan fingerprint density at radius 2 is 2.11 bits per heavy atom. The van der Waals surface area contributed by atoms with Crippen LogP contribution in [0.1, 0.15) is 26.0 Å². The molecule has 0 radical (unpaired) electrons. The van der Waals surface area contributed by atoms with Crippen molar-refractivity contribution in [3.8, 4) is 0 Å².